The van der Waals surface area contributed by atoms with Crippen LogP contribution in [0.25, 0.3) is 10.9 Å². The number of hydrogen-bond acceptors (Lipinski definition) is 2. The minimum absolute atomic E-state index is 0.0686. The summed E-state index contributed by atoms with van der Waals surface area (Å²) >= 11 is 0. The molecule has 3 N–H and O–H groups in total. The average Bonchev–Trinajstić information content (AvgIpc) is 2.34. The molecule has 0 saturated carbocycles. The Kier molecular flexibility index (Phi) is 3.69. The Hall–Kier alpha value is -2.10. The molecule has 0 aliphatic carbocycles. The van der Waals surface area contributed by atoms with Gasteiger partial charge in [0, 0.05) is 17.1 Å². The zero-order valence-electron chi connectivity index (χ0n) is 11.6. The predicted molar refractivity (Wildman–Crippen MR) is 80.0 cm³/mol. The van der Waals surface area contributed by atoms with E-state index in [0.717, 1.165) is 16.5 Å². The van der Waals surface area contributed by atoms with Crippen molar-refractivity contribution in [2.75, 3.05) is 0 Å². The molecule has 0 amide bonds. The Morgan fingerprint density at radius 3 is 2.84 bits per heavy atom. The quantitative estimate of drug-likeness (QED) is 0.641. The molecule has 0 atom stereocenters. The molecule has 0 radical (unpaired) electrons. The Morgan fingerprint density at radius 2 is 2.11 bits per heavy atom. The fourth-order valence-electron chi connectivity index (χ4n) is 1.82. The number of nitrogens with zero attached hydrogens (tertiary/aromatic N) is 2. The smallest absolute Gasteiger partial charge is 0.189 e. The Labute approximate surface area is 113 Å². The fourth-order valence-corrected chi connectivity index (χ4v) is 1.82. The minimum atomic E-state index is -0.0686. The number of aromatic nitrogens is 1. The summed E-state index contributed by atoms with van der Waals surface area (Å²) in [6.45, 7) is 6.73. The molecule has 4 nitrogen and oxygen atoms in total. The molecule has 0 aliphatic heterocycles. The van der Waals surface area contributed by atoms with Crippen LogP contribution in [0.1, 0.15) is 26.3 Å². The van der Waals surface area contributed by atoms with E-state index in [1.165, 1.54) is 0 Å². The molecule has 1 heterocycles. The van der Waals surface area contributed by atoms with Gasteiger partial charge >= 0.3 is 0 Å². The lowest BCUT2D eigenvalue weighted by Crippen LogP contribution is -2.44. The summed E-state index contributed by atoms with van der Waals surface area (Å²) < 4.78 is 0. The summed E-state index contributed by atoms with van der Waals surface area (Å²) in [4.78, 5) is 8.64. The van der Waals surface area contributed by atoms with Crippen molar-refractivity contribution >= 4 is 16.9 Å². The van der Waals surface area contributed by atoms with Crippen molar-refractivity contribution in [2.24, 2.45) is 10.7 Å². The highest BCUT2D eigenvalue weighted by Gasteiger charge is 2.09. The van der Waals surface area contributed by atoms with E-state index in [1.807, 2.05) is 24.3 Å². The minimum Gasteiger partial charge on any atom is -0.370 e. The Bertz CT molecular complexity index is 596. The van der Waals surface area contributed by atoms with E-state index in [-0.39, 0.29) is 5.54 Å². The molecule has 100 valence electrons. The van der Waals surface area contributed by atoms with Crippen molar-refractivity contribution in [1.29, 1.82) is 0 Å². The SMILES string of the molecule is CC(C)(C)NC(N)=NCc1ccc2ncccc2c1. The van der Waals surface area contributed by atoms with Crippen LogP contribution in [0, 0.1) is 0 Å². The zero-order valence-corrected chi connectivity index (χ0v) is 11.6. The van der Waals surface area contributed by atoms with E-state index >= 15 is 0 Å². The van der Waals surface area contributed by atoms with Crippen LogP contribution in [0.5, 0.6) is 0 Å². The van der Waals surface area contributed by atoms with Crippen molar-refractivity contribution in [3.05, 3.63) is 42.1 Å². The molecule has 4 heteroatoms. The monoisotopic (exact) mass is 256 g/mol. The van der Waals surface area contributed by atoms with Gasteiger partial charge in [0.15, 0.2) is 5.96 Å². The van der Waals surface area contributed by atoms with Crippen molar-refractivity contribution < 1.29 is 0 Å². The molecule has 1 aromatic carbocycles. The van der Waals surface area contributed by atoms with E-state index < -0.39 is 0 Å². The van der Waals surface area contributed by atoms with Gasteiger partial charge in [-0.1, -0.05) is 12.1 Å². The molecule has 2 aromatic rings. The Morgan fingerprint density at radius 1 is 1.32 bits per heavy atom. The highest BCUT2D eigenvalue weighted by atomic mass is 15.1. The van der Waals surface area contributed by atoms with E-state index in [2.05, 4.69) is 42.1 Å². The van der Waals surface area contributed by atoms with Crippen LogP contribution in [0.15, 0.2) is 41.5 Å². The number of benzene rings is 1. The van der Waals surface area contributed by atoms with Crippen LogP contribution in [0.3, 0.4) is 0 Å². The lowest BCUT2D eigenvalue weighted by molar-refractivity contribution is 0.508. The first-order chi connectivity index (χ1) is 8.94. The van der Waals surface area contributed by atoms with E-state index in [0.29, 0.717) is 12.5 Å². The molecule has 0 spiro atoms. The number of guanidine groups is 1. The highest BCUT2D eigenvalue weighted by molar-refractivity contribution is 5.80. The normalized spacial score (nSPS) is 12.7. The summed E-state index contributed by atoms with van der Waals surface area (Å²) in [6.07, 6.45) is 1.80. The molecule has 1 aromatic heterocycles. The maximum absolute atomic E-state index is 5.85. The molecule has 0 bridgehead atoms. The van der Waals surface area contributed by atoms with Gasteiger partial charge in [-0.3, -0.25) is 4.98 Å². The van der Waals surface area contributed by atoms with Gasteiger partial charge < -0.3 is 11.1 Å². The summed E-state index contributed by atoms with van der Waals surface area (Å²) in [7, 11) is 0. The van der Waals surface area contributed by atoms with Crippen molar-refractivity contribution in [2.45, 2.75) is 32.9 Å². The van der Waals surface area contributed by atoms with Gasteiger partial charge in [0.05, 0.1) is 12.1 Å². The molecule has 0 aliphatic rings. The fraction of sp³-hybridized carbons (Fsp3) is 0.333. The summed E-state index contributed by atoms with van der Waals surface area (Å²) in [5, 5.41) is 4.26. The third-order valence-corrected chi connectivity index (χ3v) is 2.60. The maximum atomic E-state index is 5.85. The van der Waals surface area contributed by atoms with Gasteiger partial charge in [0.1, 0.15) is 0 Å². The van der Waals surface area contributed by atoms with E-state index in [1.54, 1.807) is 6.20 Å². The van der Waals surface area contributed by atoms with Crippen LogP contribution in [0.2, 0.25) is 0 Å². The van der Waals surface area contributed by atoms with Crippen LogP contribution >= 0.6 is 0 Å². The number of nitrogens with two attached hydrogens (primary N) is 1. The van der Waals surface area contributed by atoms with Gasteiger partial charge in [-0.25, -0.2) is 4.99 Å². The Balaban J connectivity index is 2.11. The molecule has 0 unspecified atom stereocenters. The maximum Gasteiger partial charge on any atom is 0.189 e. The molecule has 0 fully saturated rings. The number of rotatable bonds is 2. The van der Waals surface area contributed by atoms with E-state index in [4.69, 9.17) is 5.73 Å². The number of fused-ring (bicyclic) bond motifs is 1. The molecule has 19 heavy (non-hydrogen) atoms. The van der Waals surface area contributed by atoms with Gasteiger partial charge in [-0.05, 0) is 44.5 Å². The van der Waals surface area contributed by atoms with E-state index in [9.17, 15) is 0 Å². The lowest BCUT2D eigenvalue weighted by Gasteiger charge is -2.20. The molecule has 0 saturated heterocycles. The number of nitrogens with one attached hydrogen (secondary N) is 1. The van der Waals surface area contributed by atoms with Crippen LogP contribution in [-0.2, 0) is 6.54 Å². The second-order valence-corrected chi connectivity index (χ2v) is 5.61. The van der Waals surface area contributed by atoms with Gasteiger partial charge in [-0.2, -0.15) is 0 Å². The van der Waals surface area contributed by atoms with Crippen molar-refractivity contribution in [3.8, 4) is 0 Å². The summed E-state index contributed by atoms with van der Waals surface area (Å²) in [5.74, 6) is 0.471. The zero-order chi connectivity index (χ0) is 13.9. The third kappa shape index (κ3) is 3.95. The van der Waals surface area contributed by atoms with Crippen molar-refractivity contribution in [3.63, 3.8) is 0 Å². The van der Waals surface area contributed by atoms with Crippen molar-refractivity contribution in [1.82, 2.24) is 10.3 Å². The average molecular weight is 256 g/mol. The second kappa shape index (κ2) is 5.26. The third-order valence-electron chi connectivity index (χ3n) is 2.60. The molecule has 2 rings (SSSR count). The summed E-state index contributed by atoms with van der Waals surface area (Å²) in [5.41, 5.74) is 7.90. The molecular formula is C15H20N4. The number of hydrogen-bond donors (Lipinski definition) is 2. The van der Waals surface area contributed by atoms with Gasteiger partial charge in [0.25, 0.3) is 0 Å². The molecular weight excluding hydrogens is 236 g/mol. The number of pyridine rings is 1. The van der Waals surface area contributed by atoms with Crippen LogP contribution in [-0.4, -0.2) is 16.5 Å². The van der Waals surface area contributed by atoms with Crippen LogP contribution in [0.4, 0.5) is 0 Å². The van der Waals surface area contributed by atoms with Gasteiger partial charge in [-0.15, -0.1) is 0 Å². The highest BCUT2D eigenvalue weighted by Crippen LogP contribution is 2.13. The number of aliphatic imine (C=N–C) groups is 1. The first kappa shape index (κ1) is 13.3. The largest absolute Gasteiger partial charge is 0.370 e. The lowest BCUT2D eigenvalue weighted by atomic mass is 10.1. The topological polar surface area (TPSA) is 63.3 Å². The van der Waals surface area contributed by atoms with Gasteiger partial charge in [0.2, 0.25) is 0 Å². The first-order valence-corrected chi connectivity index (χ1v) is 6.36. The van der Waals surface area contributed by atoms with Crippen LogP contribution < -0.4 is 11.1 Å². The summed E-state index contributed by atoms with van der Waals surface area (Å²) in [6, 6.07) is 10.1. The predicted octanol–water partition coefficient (Wildman–Crippen LogP) is 2.44. The standard InChI is InChI=1S/C15H20N4/c1-15(2,3)19-14(16)18-10-11-6-7-13-12(9-11)5-4-8-17-13/h4-9H,10H2,1-3H3,(H3,16,18,19). The second-order valence-electron chi connectivity index (χ2n) is 5.61. The first-order valence-electron chi connectivity index (χ1n) is 6.36.